The van der Waals surface area contributed by atoms with Crippen molar-refractivity contribution in [3.63, 3.8) is 0 Å². The average Bonchev–Trinajstić information content (AvgIpc) is 3.42. The molecule has 2 aromatic carbocycles. The first-order chi connectivity index (χ1) is 14.7. The highest BCUT2D eigenvalue weighted by Gasteiger charge is 2.25. The van der Waals surface area contributed by atoms with Crippen LogP contribution in [-0.2, 0) is 24.3 Å². The second-order valence-electron chi connectivity index (χ2n) is 8.36. The summed E-state index contributed by atoms with van der Waals surface area (Å²) < 4.78 is 16.3. The van der Waals surface area contributed by atoms with Crippen molar-refractivity contribution in [1.29, 1.82) is 0 Å². The van der Waals surface area contributed by atoms with E-state index in [-0.39, 0.29) is 12.7 Å². The Kier molecular flexibility index (Phi) is 5.46. The highest BCUT2D eigenvalue weighted by Crippen LogP contribution is 2.32. The third-order valence-corrected chi connectivity index (χ3v) is 6.21. The Labute approximate surface area is 176 Å². The SMILES string of the molecule is O=C(C[NH+]1CC[NH+](Cc2ccc3c(c2)CCO3)CC1)NCc1ccc2c(c1)OCO2. The maximum absolute atomic E-state index is 12.4. The van der Waals surface area contributed by atoms with Crippen LogP contribution in [0, 0.1) is 0 Å². The molecule has 1 fully saturated rings. The third kappa shape index (κ3) is 4.37. The van der Waals surface area contributed by atoms with E-state index in [1.54, 1.807) is 4.90 Å². The van der Waals surface area contributed by atoms with Gasteiger partial charge in [0.15, 0.2) is 18.0 Å². The number of carbonyl (C=O) groups is 1. The van der Waals surface area contributed by atoms with Crippen molar-refractivity contribution in [2.45, 2.75) is 19.5 Å². The van der Waals surface area contributed by atoms with Gasteiger partial charge in [-0.15, -0.1) is 0 Å². The number of hydrogen-bond donors (Lipinski definition) is 3. The maximum atomic E-state index is 12.4. The minimum atomic E-state index is 0.102. The molecule has 3 aliphatic heterocycles. The fourth-order valence-corrected chi connectivity index (χ4v) is 4.49. The van der Waals surface area contributed by atoms with Crippen LogP contribution in [0.2, 0.25) is 0 Å². The Hall–Kier alpha value is -2.77. The lowest BCUT2D eigenvalue weighted by Crippen LogP contribution is -3.28. The summed E-state index contributed by atoms with van der Waals surface area (Å²) in [4.78, 5) is 15.4. The molecule has 0 aromatic heterocycles. The third-order valence-electron chi connectivity index (χ3n) is 6.21. The molecule has 0 spiro atoms. The van der Waals surface area contributed by atoms with E-state index in [0.717, 1.165) is 68.6 Å². The van der Waals surface area contributed by atoms with Crippen LogP contribution in [0.4, 0.5) is 0 Å². The van der Waals surface area contributed by atoms with Crippen LogP contribution in [0.5, 0.6) is 17.2 Å². The van der Waals surface area contributed by atoms with E-state index in [2.05, 4.69) is 23.5 Å². The van der Waals surface area contributed by atoms with E-state index in [9.17, 15) is 4.79 Å². The number of ether oxygens (including phenoxy) is 3. The number of nitrogens with one attached hydrogen (secondary N) is 3. The number of hydrogen-bond acceptors (Lipinski definition) is 4. The number of benzene rings is 2. The molecule has 3 aliphatic rings. The lowest BCUT2D eigenvalue weighted by Gasteiger charge is -2.29. The predicted octanol–water partition coefficient (Wildman–Crippen LogP) is -1.05. The zero-order valence-corrected chi connectivity index (χ0v) is 17.2. The molecule has 0 unspecified atom stereocenters. The molecule has 3 N–H and O–H groups in total. The number of rotatable bonds is 6. The van der Waals surface area contributed by atoms with E-state index in [1.165, 1.54) is 16.0 Å². The summed E-state index contributed by atoms with van der Waals surface area (Å²) in [6.07, 6.45) is 1.03. The minimum absolute atomic E-state index is 0.102. The Morgan fingerprint density at radius 1 is 0.867 bits per heavy atom. The number of piperazine rings is 1. The van der Waals surface area contributed by atoms with Crippen molar-refractivity contribution < 1.29 is 28.8 Å². The zero-order chi connectivity index (χ0) is 20.3. The summed E-state index contributed by atoms with van der Waals surface area (Å²) in [5, 5.41) is 3.04. The van der Waals surface area contributed by atoms with Gasteiger partial charge in [-0.2, -0.15) is 0 Å². The standard InChI is InChI=1S/C23H27N3O4/c27-23(24-13-17-1-4-21-22(12-17)30-16-29-21)15-26-8-6-25(7-9-26)14-18-2-3-20-19(11-18)5-10-28-20/h1-4,11-12H,5-10,13-16H2,(H,24,27)/p+2. The Morgan fingerprint density at radius 2 is 1.63 bits per heavy atom. The quantitative estimate of drug-likeness (QED) is 0.568. The van der Waals surface area contributed by atoms with Crippen LogP contribution in [0.25, 0.3) is 0 Å². The lowest BCUT2D eigenvalue weighted by molar-refractivity contribution is -1.02. The Morgan fingerprint density at radius 3 is 2.53 bits per heavy atom. The lowest BCUT2D eigenvalue weighted by atomic mass is 10.1. The van der Waals surface area contributed by atoms with E-state index >= 15 is 0 Å². The van der Waals surface area contributed by atoms with Crippen LogP contribution < -0.4 is 29.3 Å². The Bertz CT molecular complexity index is 925. The van der Waals surface area contributed by atoms with Crippen LogP contribution in [0.1, 0.15) is 16.7 Å². The maximum Gasteiger partial charge on any atom is 0.275 e. The van der Waals surface area contributed by atoms with Gasteiger partial charge in [-0.05, 0) is 41.5 Å². The molecule has 0 atom stereocenters. The highest BCUT2D eigenvalue weighted by molar-refractivity contribution is 5.76. The summed E-state index contributed by atoms with van der Waals surface area (Å²) >= 11 is 0. The number of amides is 1. The first-order valence-electron chi connectivity index (χ1n) is 10.8. The van der Waals surface area contributed by atoms with Gasteiger partial charge < -0.3 is 29.3 Å². The van der Waals surface area contributed by atoms with E-state index in [4.69, 9.17) is 14.2 Å². The molecule has 2 aromatic rings. The van der Waals surface area contributed by atoms with E-state index < -0.39 is 0 Å². The van der Waals surface area contributed by atoms with Crippen LogP contribution in [0.15, 0.2) is 36.4 Å². The van der Waals surface area contributed by atoms with Gasteiger partial charge in [0.05, 0.1) is 6.61 Å². The van der Waals surface area contributed by atoms with Crippen molar-refractivity contribution in [2.24, 2.45) is 0 Å². The molecule has 5 rings (SSSR count). The molecule has 0 saturated carbocycles. The fourth-order valence-electron chi connectivity index (χ4n) is 4.49. The number of quaternary nitrogens is 2. The topological polar surface area (TPSA) is 65.7 Å². The monoisotopic (exact) mass is 411 g/mol. The Balaban J connectivity index is 1.05. The molecule has 7 heteroatoms. The molecule has 0 aliphatic carbocycles. The molecule has 0 radical (unpaired) electrons. The molecule has 30 heavy (non-hydrogen) atoms. The first kappa shape index (κ1) is 19.2. The van der Waals surface area contributed by atoms with Crippen molar-refractivity contribution >= 4 is 5.91 Å². The molecule has 158 valence electrons. The van der Waals surface area contributed by atoms with Gasteiger partial charge in [0, 0.05) is 18.5 Å². The van der Waals surface area contributed by atoms with Gasteiger partial charge in [0.25, 0.3) is 5.91 Å². The molecular formula is C23H29N3O4+2. The smallest absolute Gasteiger partial charge is 0.275 e. The van der Waals surface area contributed by atoms with Crippen LogP contribution >= 0.6 is 0 Å². The molecule has 1 saturated heterocycles. The van der Waals surface area contributed by atoms with Gasteiger partial charge in [-0.3, -0.25) is 4.79 Å². The predicted molar refractivity (Wildman–Crippen MR) is 110 cm³/mol. The second kappa shape index (κ2) is 8.53. The van der Waals surface area contributed by atoms with Crippen molar-refractivity contribution in [3.8, 4) is 17.2 Å². The van der Waals surface area contributed by atoms with Crippen molar-refractivity contribution in [3.05, 3.63) is 53.1 Å². The number of fused-ring (bicyclic) bond motifs is 2. The van der Waals surface area contributed by atoms with Gasteiger partial charge in [0.2, 0.25) is 6.79 Å². The normalized spacial score (nSPS) is 21.7. The van der Waals surface area contributed by atoms with Gasteiger partial charge in [-0.25, -0.2) is 0 Å². The first-order valence-corrected chi connectivity index (χ1v) is 10.8. The van der Waals surface area contributed by atoms with Gasteiger partial charge in [0.1, 0.15) is 38.5 Å². The highest BCUT2D eigenvalue weighted by atomic mass is 16.7. The summed E-state index contributed by atoms with van der Waals surface area (Å²) in [6, 6.07) is 12.4. The summed E-state index contributed by atoms with van der Waals surface area (Å²) in [5.41, 5.74) is 3.76. The molecule has 3 heterocycles. The van der Waals surface area contributed by atoms with Crippen LogP contribution in [-0.4, -0.2) is 52.0 Å². The van der Waals surface area contributed by atoms with Crippen LogP contribution in [0.3, 0.4) is 0 Å². The summed E-state index contributed by atoms with van der Waals surface area (Å²) in [6.45, 7) is 7.43. The molecule has 0 bridgehead atoms. The molecular weight excluding hydrogens is 382 g/mol. The van der Waals surface area contributed by atoms with Gasteiger partial charge >= 0.3 is 0 Å². The minimum Gasteiger partial charge on any atom is -0.493 e. The average molecular weight is 412 g/mol. The van der Waals surface area contributed by atoms with Gasteiger partial charge in [-0.1, -0.05) is 6.07 Å². The van der Waals surface area contributed by atoms with E-state index in [0.29, 0.717) is 13.1 Å². The second-order valence-corrected chi connectivity index (χ2v) is 8.36. The summed E-state index contributed by atoms with van der Waals surface area (Å²) in [5.74, 6) is 2.67. The van der Waals surface area contributed by atoms with Crippen molar-refractivity contribution in [1.82, 2.24) is 5.32 Å². The fraction of sp³-hybridized carbons (Fsp3) is 0.435. The largest absolute Gasteiger partial charge is 0.493 e. The summed E-state index contributed by atoms with van der Waals surface area (Å²) in [7, 11) is 0. The number of carbonyl (C=O) groups excluding carboxylic acids is 1. The van der Waals surface area contributed by atoms with Crippen molar-refractivity contribution in [2.75, 3.05) is 46.1 Å². The van der Waals surface area contributed by atoms with E-state index in [1.807, 2.05) is 18.2 Å². The molecule has 1 amide bonds. The zero-order valence-electron chi connectivity index (χ0n) is 17.2. The molecule has 7 nitrogen and oxygen atoms in total.